The maximum Gasteiger partial charge on any atom is 0.347 e. The standard InChI is InChI=1S/C18H18O4/c1-3-21-18(20)13(2)22-16-11-9-15(10-12-16)17(19)14-7-5-4-6-8-14/h4-13H,3H2,1-2H3. The van der Waals surface area contributed by atoms with Crippen LogP contribution in [0.25, 0.3) is 0 Å². The number of rotatable bonds is 6. The van der Waals surface area contributed by atoms with Crippen LogP contribution in [0.5, 0.6) is 5.75 Å². The summed E-state index contributed by atoms with van der Waals surface area (Å²) in [5.41, 5.74) is 1.21. The van der Waals surface area contributed by atoms with Gasteiger partial charge < -0.3 is 9.47 Å². The number of esters is 1. The van der Waals surface area contributed by atoms with Crippen LogP contribution in [0.1, 0.15) is 29.8 Å². The predicted molar refractivity (Wildman–Crippen MR) is 83.0 cm³/mol. The number of ether oxygens (including phenoxy) is 2. The minimum Gasteiger partial charge on any atom is -0.479 e. The van der Waals surface area contributed by atoms with Gasteiger partial charge in [0.05, 0.1) is 6.61 Å². The van der Waals surface area contributed by atoms with E-state index >= 15 is 0 Å². The molecule has 0 heterocycles. The molecule has 1 atom stereocenters. The minimum atomic E-state index is -0.685. The van der Waals surface area contributed by atoms with E-state index in [1.165, 1.54) is 0 Å². The first-order valence-electron chi connectivity index (χ1n) is 7.15. The van der Waals surface area contributed by atoms with Gasteiger partial charge in [0.2, 0.25) is 0 Å². The summed E-state index contributed by atoms with van der Waals surface area (Å²) < 4.78 is 10.4. The van der Waals surface area contributed by atoms with Crippen LogP contribution in [-0.4, -0.2) is 24.5 Å². The molecule has 0 aliphatic rings. The highest BCUT2D eigenvalue weighted by atomic mass is 16.6. The molecular weight excluding hydrogens is 280 g/mol. The zero-order valence-electron chi connectivity index (χ0n) is 12.6. The average Bonchev–Trinajstić information content (AvgIpc) is 2.56. The van der Waals surface area contributed by atoms with Crippen LogP contribution >= 0.6 is 0 Å². The van der Waals surface area contributed by atoms with Gasteiger partial charge in [-0.15, -0.1) is 0 Å². The van der Waals surface area contributed by atoms with Gasteiger partial charge in [0.1, 0.15) is 5.75 Å². The summed E-state index contributed by atoms with van der Waals surface area (Å²) in [5.74, 6) is 0.0581. The van der Waals surface area contributed by atoms with E-state index in [4.69, 9.17) is 9.47 Å². The van der Waals surface area contributed by atoms with Crippen molar-refractivity contribution in [1.82, 2.24) is 0 Å². The highest BCUT2D eigenvalue weighted by Gasteiger charge is 2.16. The Morgan fingerprint density at radius 1 is 0.955 bits per heavy atom. The number of carbonyl (C=O) groups is 2. The third-order valence-electron chi connectivity index (χ3n) is 3.08. The van der Waals surface area contributed by atoms with Crippen LogP contribution < -0.4 is 4.74 Å². The van der Waals surface area contributed by atoms with Crippen molar-refractivity contribution in [3.8, 4) is 5.75 Å². The Kier molecular flexibility index (Phi) is 5.31. The number of ketones is 1. The van der Waals surface area contributed by atoms with Crippen LogP contribution in [0.3, 0.4) is 0 Å². The first-order chi connectivity index (χ1) is 10.6. The molecule has 4 heteroatoms. The fourth-order valence-electron chi connectivity index (χ4n) is 1.95. The first-order valence-corrected chi connectivity index (χ1v) is 7.15. The molecule has 4 nitrogen and oxygen atoms in total. The topological polar surface area (TPSA) is 52.6 Å². The monoisotopic (exact) mass is 298 g/mol. The Balaban J connectivity index is 2.04. The van der Waals surface area contributed by atoms with E-state index < -0.39 is 12.1 Å². The molecule has 0 radical (unpaired) electrons. The van der Waals surface area contributed by atoms with Crippen molar-refractivity contribution in [2.75, 3.05) is 6.61 Å². The number of hydrogen-bond acceptors (Lipinski definition) is 4. The highest BCUT2D eigenvalue weighted by Crippen LogP contribution is 2.17. The van der Waals surface area contributed by atoms with Crippen molar-refractivity contribution in [3.05, 3.63) is 65.7 Å². The van der Waals surface area contributed by atoms with Crippen molar-refractivity contribution >= 4 is 11.8 Å². The van der Waals surface area contributed by atoms with Gasteiger partial charge in [0.15, 0.2) is 11.9 Å². The maximum absolute atomic E-state index is 12.3. The second-order valence-corrected chi connectivity index (χ2v) is 4.73. The van der Waals surface area contributed by atoms with Gasteiger partial charge in [-0.05, 0) is 38.1 Å². The number of hydrogen-bond donors (Lipinski definition) is 0. The molecule has 0 saturated carbocycles. The lowest BCUT2D eigenvalue weighted by Gasteiger charge is -2.13. The van der Waals surface area contributed by atoms with E-state index in [2.05, 4.69) is 0 Å². The van der Waals surface area contributed by atoms with E-state index in [0.717, 1.165) is 0 Å². The van der Waals surface area contributed by atoms with Crippen LogP contribution in [-0.2, 0) is 9.53 Å². The summed E-state index contributed by atoms with van der Waals surface area (Å²) in [6.45, 7) is 3.69. The fraction of sp³-hybridized carbons (Fsp3) is 0.222. The Labute approximate surface area is 129 Å². The molecular formula is C18H18O4. The molecule has 0 saturated heterocycles. The van der Waals surface area contributed by atoms with Gasteiger partial charge >= 0.3 is 5.97 Å². The van der Waals surface area contributed by atoms with Crippen LogP contribution in [0.2, 0.25) is 0 Å². The van der Waals surface area contributed by atoms with Crippen LogP contribution in [0.15, 0.2) is 54.6 Å². The molecule has 0 aliphatic carbocycles. The van der Waals surface area contributed by atoms with Gasteiger partial charge in [-0.25, -0.2) is 4.79 Å². The van der Waals surface area contributed by atoms with Gasteiger partial charge in [0, 0.05) is 11.1 Å². The largest absolute Gasteiger partial charge is 0.479 e. The summed E-state index contributed by atoms with van der Waals surface area (Å²) in [6, 6.07) is 15.8. The molecule has 0 fully saturated rings. The maximum atomic E-state index is 12.3. The van der Waals surface area contributed by atoms with Gasteiger partial charge in [-0.3, -0.25) is 4.79 Å². The molecule has 2 aromatic rings. The van der Waals surface area contributed by atoms with E-state index in [0.29, 0.717) is 23.5 Å². The third kappa shape index (κ3) is 3.95. The summed E-state index contributed by atoms with van der Waals surface area (Å²) in [6.07, 6.45) is -0.685. The van der Waals surface area contributed by atoms with Crippen LogP contribution in [0.4, 0.5) is 0 Å². The summed E-state index contributed by atoms with van der Waals surface area (Å²) in [4.78, 5) is 23.8. The van der Waals surface area contributed by atoms with Gasteiger partial charge in [-0.2, -0.15) is 0 Å². The van der Waals surface area contributed by atoms with E-state index in [9.17, 15) is 9.59 Å². The third-order valence-corrected chi connectivity index (χ3v) is 3.08. The molecule has 0 N–H and O–H groups in total. The average molecular weight is 298 g/mol. The summed E-state index contributed by atoms with van der Waals surface area (Å²) in [7, 11) is 0. The molecule has 22 heavy (non-hydrogen) atoms. The lowest BCUT2D eigenvalue weighted by Crippen LogP contribution is -2.26. The highest BCUT2D eigenvalue weighted by molar-refractivity contribution is 6.08. The van der Waals surface area contributed by atoms with E-state index in [1.54, 1.807) is 50.2 Å². The lowest BCUT2D eigenvalue weighted by atomic mass is 10.0. The normalized spacial score (nSPS) is 11.5. The zero-order chi connectivity index (χ0) is 15.9. The molecule has 0 aromatic heterocycles. The molecule has 0 bridgehead atoms. The van der Waals surface area contributed by atoms with Gasteiger partial charge in [0.25, 0.3) is 0 Å². The molecule has 0 spiro atoms. The molecule has 1 unspecified atom stereocenters. The Bertz CT molecular complexity index is 632. The van der Waals surface area contributed by atoms with E-state index in [-0.39, 0.29) is 5.78 Å². The Morgan fingerprint density at radius 3 is 2.14 bits per heavy atom. The minimum absolute atomic E-state index is 0.0504. The van der Waals surface area contributed by atoms with Crippen molar-refractivity contribution in [1.29, 1.82) is 0 Å². The lowest BCUT2D eigenvalue weighted by molar-refractivity contribution is -0.150. The number of carbonyl (C=O) groups excluding carboxylic acids is 2. The fourth-order valence-corrected chi connectivity index (χ4v) is 1.95. The molecule has 0 amide bonds. The second kappa shape index (κ2) is 7.41. The van der Waals surface area contributed by atoms with Crippen molar-refractivity contribution in [2.45, 2.75) is 20.0 Å². The van der Waals surface area contributed by atoms with Crippen molar-refractivity contribution in [3.63, 3.8) is 0 Å². The van der Waals surface area contributed by atoms with E-state index in [1.807, 2.05) is 18.2 Å². The Morgan fingerprint density at radius 2 is 1.55 bits per heavy atom. The zero-order valence-corrected chi connectivity index (χ0v) is 12.6. The predicted octanol–water partition coefficient (Wildman–Crippen LogP) is 3.25. The van der Waals surface area contributed by atoms with Crippen molar-refractivity contribution < 1.29 is 19.1 Å². The molecule has 2 aromatic carbocycles. The SMILES string of the molecule is CCOC(=O)C(C)Oc1ccc(C(=O)c2ccccc2)cc1. The summed E-state index contributed by atoms with van der Waals surface area (Å²) >= 11 is 0. The summed E-state index contributed by atoms with van der Waals surface area (Å²) in [5, 5.41) is 0. The molecule has 2 rings (SSSR count). The quantitative estimate of drug-likeness (QED) is 0.607. The smallest absolute Gasteiger partial charge is 0.347 e. The van der Waals surface area contributed by atoms with Crippen molar-refractivity contribution in [2.24, 2.45) is 0 Å². The van der Waals surface area contributed by atoms with Gasteiger partial charge in [-0.1, -0.05) is 30.3 Å². The van der Waals surface area contributed by atoms with Crippen LogP contribution in [0, 0.1) is 0 Å². The number of benzene rings is 2. The molecule has 0 aliphatic heterocycles. The second-order valence-electron chi connectivity index (χ2n) is 4.73. The molecule has 114 valence electrons. The first kappa shape index (κ1) is 15.8. The Hall–Kier alpha value is -2.62.